The van der Waals surface area contributed by atoms with Crippen molar-refractivity contribution in [2.75, 3.05) is 12.8 Å². The molecule has 0 atom stereocenters. The summed E-state index contributed by atoms with van der Waals surface area (Å²) >= 11 is 11.9. The van der Waals surface area contributed by atoms with Crippen LogP contribution in [-0.2, 0) is 17.8 Å². The van der Waals surface area contributed by atoms with E-state index in [1.54, 1.807) is 36.2 Å². The van der Waals surface area contributed by atoms with Crippen LogP contribution < -0.4 is 5.73 Å². The average molecular weight is 323 g/mol. The van der Waals surface area contributed by atoms with Gasteiger partial charge in [-0.15, -0.1) is 0 Å². The predicted octanol–water partition coefficient (Wildman–Crippen LogP) is 3.78. The fourth-order valence-electron chi connectivity index (χ4n) is 2.08. The summed E-state index contributed by atoms with van der Waals surface area (Å²) in [5.41, 5.74) is 8.17. The van der Waals surface area contributed by atoms with Gasteiger partial charge in [0.05, 0.1) is 6.42 Å². The highest BCUT2D eigenvalue weighted by molar-refractivity contribution is 6.34. The van der Waals surface area contributed by atoms with E-state index in [0.717, 1.165) is 11.1 Å². The van der Waals surface area contributed by atoms with E-state index >= 15 is 0 Å². The number of benzene rings is 2. The third-order valence-corrected chi connectivity index (χ3v) is 3.51. The Kier molecular flexibility index (Phi) is 5.10. The molecule has 0 aromatic heterocycles. The van der Waals surface area contributed by atoms with Gasteiger partial charge in [-0.1, -0.05) is 35.3 Å². The number of likely N-dealkylation sites (N-methyl/N-ethyl adjacent to an activating group) is 1. The Morgan fingerprint density at radius 3 is 2.38 bits per heavy atom. The molecule has 0 bridgehead atoms. The zero-order valence-electron chi connectivity index (χ0n) is 11.6. The van der Waals surface area contributed by atoms with Gasteiger partial charge >= 0.3 is 0 Å². The van der Waals surface area contributed by atoms with Crippen LogP contribution >= 0.6 is 23.2 Å². The van der Waals surface area contributed by atoms with Gasteiger partial charge in [0.1, 0.15) is 0 Å². The van der Waals surface area contributed by atoms with Crippen LogP contribution in [0.15, 0.2) is 42.5 Å². The third kappa shape index (κ3) is 4.66. The van der Waals surface area contributed by atoms with E-state index in [-0.39, 0.29) is 5.91 Å². The molecule has 1 amide bonds. The smallest absolute Gasteiger partial charge is 0.227 e. The normalized spacial score (nSPS) is 10.4. The number of halogens is 2. The Bertz CT molecular complexity index is 638. The van der Waals surface area contributed by atoms with Crippen LogP contribution in [0.1, 0.15) is 11.1 Å². The highest BCUT2D eigenvalue weighted by Gasteiger charge is 2.11. The minimum Gasteiger partial charge on any atom is -0.399 e. The molecule has 0 saturated heterocycles. The van der Waals surface area contributed by atoms with Gasteiger partial charge in [-0.3, -0.25) is 4.79 Å². The van der Waals surface area contributed by atoms with Crippen molar-refractivity contribution in [3.8, 4) is 0 Å². The van der Waals surface area contributed by atoms with E-state index in [4.69, 9.17) is 28.9 Å². The van der Waals surface area contributed by atoms with Crippen LogP contribution in [0.3, 0.4) is 0 Å². The number of hydrogen-bond donors (Lipinski definition) is 1. The van der Waals surface area contributed by atoms with Crippen molar-refractivity contribution >= 4 is 34.8 Å². The lowest BCUT2D eigenvalue weighted by Gasteiger charge is -2.18. The highest BCUT2D eigenvalue weighted by atomic mass is 35.5. The maximum Gasteiger partial charge on any atom is 0.227 e. The quantitative estimate of drug-likeness (QED) is 0.871. The lowest BCUT2D eigenvalue weighted by molar-refractivity contribution is -0.129. The lowest BCUT2D eigenvalue weighted by atomic mass is 10.1. The highest BCUT2D eigenvalue weighted by Crippen LogP contribution is 2.20. The van der Waals surface area contributed by atoms with Gasteiger partial charge in [0, 0.05) is 29.3 Å². The van der Waals surface area contributed by atoms with E-state index in [2.05, 4.69) is 0 Å². The monoisotopic (exact) mass is 322 g/mol. The van der Waals surface area contributed by atoms with Crippen LogP contribution in [0.4, 0.5) is 5.69 Å². The molecule has 0 radical (unpaired) electrons. The number of carbonyl (C=O) groups excluding carboxylic acids is 1. The number of anilines is 1. The SMILES string of the molecule is CN(Cc1cc(Cl)cc(Cl)c1)C(=O)Cc1cccc(N)c1. The summed E-state index contributed by atoms with van der Waals surface area (Å²) in [4.78, 5) is 13.9. The minimum atomic E-state index is 0.0108. The van der Waals surface area contributed by atoms with Gasteiger partial charge in [-0.25, -0.2) is 0 Å². The molecule has 0 aliphatic carbocycles. The zero-order valence-corrected chi connectivity index (χ0v) is 13.2. The fraction of sp³-hybridized carbons (Fsp3) is 0.188. The Morgan fingerprint density at radius 1 is 1.10 bits per heavy atom. The molecule has 0 unspecified atom stereocenters. The maximum absolute atomic E-state index is 12.2. The average Bonchev–Trinajstić information content (AvgIpc) is 2.37. The van der Waals surface area contributed by atoms with Crippen LogP contribution in [0.25, 0.3) is 0 Å². The van der Waals surface area contributed by atoms with E-state index in [1.165, 1.54) is 0 Å². The van der Waals surface area contributed by atoms with Crippen molar-refractivity contribution in [1.82, 2.24) is 4.90 Å². The molecule has 0 saturated carbocycles. The molecule has 2 N–H and O–H groups in total. The lowest BCUT2D eigenvalue weighted by Crippen LogP contribution is -2.27. The van der Waals surface area contributed by atoms with Crippen molar-refractivity contribution in [3.05, 3.63) is 63.6 Å². The molecule has 5 heteroatoms. The van der Waals surface area contributed by atoms with Gasteiger partial charge < -0.3 is 10.6 Å². The van der Waals surface area contributed by atoms with E-state index in [1.807, 2.05) is 18.2 Å². The molecular formula is C16H16Cl2N2O. The van der Waals surface area contributed by atoms with Crippen molar-refractivity contribution < 1.29 is 4.79 Å². The summed E-state index contributed by atoms with van der Waals surface area (Å²) < 4.78 is 0. The zero-order chi connectivity index (χ0) is 15.4. The van der Waals surface area contributed by atoms with Gasteiger partial charge in [0.25, 0.3) is 0 Å². The van der Waals surface area contributed by atoms with Crippen molar-refractivity contribution in [1.29, 1.82) is 0 Å². The number of nitrogens with two attached hydrogens (primary N) is 1. The first-order chi connectivity index (χ1) is 9.94. The molecule has 2 aromatic carbocycles. The van der Waals surface area contributed by atoms with Crippen LogP contribution in [0, 0.1) is 0 Å². The largest absolute Gasteiger partial charge is 0.399 e. The van der Waals surface area contributed by atoms with Gasteiger partial charge in [-0.2, -0.15) is 0 Å². The molecule has 0 aliphatic rings. The number of nitrogens with zero attached hydrogens (tertiary/aromatic N) is 1. The molecule has 3 nitrogen and oxygen atoms in total. The molecule has 0 fully saturated rings. The van der Waals surface area contributed by atoms with Crippen LogP contribution in [0.5, 0.6) is 0 Å². The summed E-state index contributed by atoms with van der Waals surface area (Å²) in [5, 5.41) is 1.13. The molecule has 110 valence electrons. The topological polar surface area (TPSA) is 46.3 Å². The van der Waals surface area contributed by atoms with Crippen LogP contribution in [0.2, 0.25) is 10.0 Å². The second kappa shape index (κ2) is 6.83. The Morgan fingerprint density at radius 2 is 1.76 bits per heavy atom. The summed E-state index contributed by atoms with van der Waals surface area (Å²) in [7, 11) is 1.75. The Balaban J connectivity index is 2.02. The van der Waals surface area contributed by atoms with Gasteiger partial charge in [0.2, 0.25) is 5.91 Å². The standard InChI is InChI=1S/C16H16Cl2N2O/c1-20(10-12-5-13(17)9-14(18)6-12)16(21)8-11-3-2-4-15(19)7-11/h2-7,9H,8,10,19H2,1H3. The van der Waals surface area contributed by atoms with Crippen molar-refractivity contribution in [2.24, 2.45) is 0 Å². The fourth-order valence-corrected chi connectivity index (χ4v) is 2.65. The molecule has 2 aromatic rings. The first kappa shape index (κ1) is 15.7. The summed E-state index contributed by atoms with van der Waals surface area (Å²) in [5.74, 6) is 0.0108. The first-order valence-corrected chi connectivity index (χ1v) is 7.23. The van der Waals surface area contributed by atoms with Crippen molar-refractivity contribution in [2.45, 2.75) is 13.0 Å². The number of hydrogen-bond acceptors (Lipinski definition) is 2. The van der Waals surface area contributed by atoms with E-state index in [0.29, 0.717) is 28.7 Å². The number of rotatable bonds is 4. The minimum absolute atomic E-state index is 0.0108. The molecular weight excluding hydrogens is 307 g/mol. The molecule has 0 aliphatic heterocycles. The van der Waals surface area contributed by atoms with Crippen LogP contribution in [-0.4, -0.2) is 17.9 Å². The number of nitrogen functional groups attached to an aromatic ring is 1. The molecule has 21 heavy (non-hydrogen) atoms. The second-order valence-electron chi connectivity index (χ2n) is 4.95. The van der Waals surface area contributed by atoms with Crippen molar-refractivity contribution in [3.63, 3.8) is 0 Å². The van der Waals surface area contributed by atoms with Gasteiger partial charge in [0.15, 0.2) is 0 Å². The van der Waals surface area contributed by atoms with Gasteiger partial charge in [-0.05, 0) is 41.5 Å². The van der Waals surface area contributed by atoms with E-state index < -0.39 is 0 Å². The molecule has 0 heterocycles. The Hall–Kier alpha value is -1.71. The summed E-state index contributed by atoms with van der Waals surface area (Å²) in [6.07, 6.45) is 0.315. The number of amides is 1. The second-order valence-corrected chi connectivity index (χ2v) is 5.82. The predicted molar refractivity (Wildman–Crippen MR) is 87.5 cm³/mol. The molecule has 2 rings (SSSR count). The Labute approximate surface area is 134 Å². The molecule has 0 spiro atoms. The number of carbonyl (C=O) groups is 1. The summed E-state index contributed by atoms with van der Waals surface area (Å²) in [6.45, 7) is 0.460. The summed E-state index contributed by atoms with van der Waals surface area (Å²) in [6, 6.07) is 12.6. The first-order valence-electron chi connectivity index (χ1n) is 6.47. The third-order valence-electron chi connectivity index (χ3n) is 3.07. The maximum atomic E-state index is 12.2. The van der Waals surface area contributed by atoms with E-state index in [9.17, 15) is 4.79 Å².